The number of anilines is 2. The third-order valence-electron chi connectivity index (χ3n) is 6.45. The minimum atomic E-state index is -1.11. The Hall–Kier alpha value is -4.10. The van der Waals surface area contributed by atoms with Crippen molar-refractivity contribution in [1.82, 2.24) is 0 Å². The lowest BCUT2D eigenvalue weighted by molar-refractivity contribution is -0.132. The Morgan fingerprint density at radius 2 is 1.41 bits per heavy atom. The Morgan fingerprint density at radius 3 is 1.92 bits per heavy atom. The summed E-state index contributed by atoms with van der Waals surface area (Å²) in [5.74, 6) is -1.80. The summed E-state index contributed by atoms with van der Waals surface area (Å²) in [6.45, 7) is 3.08. The van der Waals surface area contributed by atoms with Crippen LogP contribution in [0.25, 0.3) is 0 Å². The molecule has 37 heavy (non-hydrogen) atoms. The van der Waals surface area contributed by atoms with E-state index >= 15 is 0 Å². The van der Waals surface area contributed by atoms with Crippen LogP contribution in [0.2, 0.25) is 5.02 Å². The van der Waals surface area contributed by atoms with E-state index in [4.69, 9.17) is 21.1 Å². The molecule has 3 aromatic rings. The van der Waals surface area contributed by atoms with Gasteiger partial charge in [0.05, 0.1) is 14.2 Å². The fourth-order valence-electron chi connectivity index (χ4n) is 4.63. The fourth-order valence-corrected chi connectivity index (χ4v) is 4.75. The number of methoxy groups -OCH3 is 2. The van der Waals surface area contributed by atoms with Crippen LogP contribution in [0.15, 0.2) is 84.1 Å². The molecule has 0 aliphatic carbocycles. The molecule has 0 saturated carbocycles. The number of nitrogens with one attached hydrogen (secondary N) is 1. The van der Waals surface area contributed by atoms with Gasteiger partial charge in [-0.15, -0.1) is 0 Å². The summed E-state index contributed by atoms with van der Waals surface area (Å²) in [5.41, 5.74) is 2.46. The van der Waals surface area contributed by atoms with Gasteiger partial charge in [0.1, 0.15) is 23.2 Å². The standard InChI is InChI=1S/C29H27ClN2O5/c1-17-25(28(34)31-21-9-13-23(36-3)14-10-21)27(19-5-7-20(30)8-6-19)26(18(2)33)29(35)32(17)22-11-15-24(37-4)16-12-22/h5-16,26-27H,1-4H3,(H,31,34)/t26-,27+/m0/s1. The largest absolute Gasteiger partial charge is 0.497 e. The second-order valence-electron chi connectivity index (χ2n) is 8.67. The molecule has 1 N–H and O–H groups in total. The van der Waals surface area contributed by atoms with Gasteiger partial charge >= 0.3 is 0 Å². The van der Waals surface area contributed by atoms with Crippen molar-refractivity contribution in [3.05, 3.63) is 94.7 Å². The smallest absolute Gasteiger partial charge is 0.254 e. The fraction of sp³-hybridized carbons (Fsp3) is 0.207. The Balaban J connectivity index is 1.88. The number of Topliss-reactive ketones (excluding diaryl/α,β-unsaturated/α-hetero) is 1. The summed E-state index contributed by atoms with van der Waals surface area (Å²) in [4.78, 5) is 42.1. The molecule has 0 radical (unpaired) electrons. The maximum absolute atomic E-state index is 13.8. The van der Waals surface area contributed by atoms with Gasteiger partial charge < -0.3 is 14.8 Å². The summed E-state index contributed by atoms with van der Waals surface area (Å²) in [5, 5.41) is 3.43. The van der Waals surface area contributed by atoms with Crippen LogP contribution in [0.4, 0.5) is 11.4 Å². The highest BCUT2D eigenvalue weighted by Gasteiger charge is 2.46. The lowest BCUT2D eigenvalue weighted by Gasteiger charge is -2.39. The summed E-state index contributed by atoms with van der Waals surface area (Å²) in [7, 11) is 3.11. The van der Waals surface area contributed by atoms with Crippen molar-refractivity contribution >= 4 is 40.6 Å². The lowest BCUT2D eigenvalue weighted by atomic mass is 9.74. The van der Waals surface area contributed by atoms with Crippen molar-refractivity contribution in [2.75, 3.05) is 24.4 Å². The van der Waals surface area contributed by atoms with Crippen molar-refractivity contribution in [3.8, 4) is 11.5 Å². The van der Waals surface area contributed by atoms with Crippen LogP contribution in [0.5, 0.6) is 11.5 Å². The molecule has 1 aliphatic rings. The SMILES string of the molecule is COc1ccc(NC(=O)C2=C(C)N(c3ccc(OC)cc3)C(=O)[C@@H](C(C)=O)[C@@H]2c2ccc(Cl)cc2)cc1. The van der Waals surface area contributed by atoms with Crippen molar-refractivity contribution in [2.24, 2.45) is 5.92 Å². The number of carbonyl (C=O) groups is 3. The predicted molar refractivity (Wildman–Crippen MR) is 143 cm³/mol. The van der Waals surface area contributed by atoms with E-state index < -0.39 is 23.7 Å². The minimum Gasteiger partial charge on any atom is -0.497 e. The van der Waals surface area contributed by atoms with Gasteiger partial charge in [-0.25, -0.2) is 0 Å². The van der Waals surface area contributed by atoms with E-state index in [2.05, 4.69) is 5.32 Å². The average Bonchev–Trinajstić information content (AvgIpc) is 2.89. The highest BCUT2D eigenvalue weighted by molar-refractivity contribution is 6.30. The molecule has 0 spiro atoms. The molecule has 4 rings (SSSR count). The zero-order valence-corrected chi connectivity index (χ0v) is 21.7. The van der Waals surface area contributed by atoms with E-state index in [0.717, 1.165) is 0 Å². The van der Waals surface area contributed by atoms with Gasteiger partial charge in [-0.2, -0.15) is 0 Å². The van der Waals surface area contributed by atoms with Crippen molar-refractivity contribution in [2.45, 2.75) is 19.8 Å². The van der Waals surface area contributed by atoms with Crippen LogP contribution in [0.1, 0.15) is 25.3 Å². The molecule has 0 unspecified atom stereocenters. The van der Waals surface area contributed by atoms with Crippen molar-refractivity contribution in [1.29, 1.82) is 0 Å². The molecule has 7 nitrogen and oxygen atoms in total. The summed E-state index contributed by atoms with van der Waals surface area (Å²) in [6.07, 6.45) is 0. The van der Waals surface area contributed by atoms with E-state index in [-0.39, 0.29) is 5.78 Å². The number of nitrogens with zero attached hydrogens (tertiary/aromatic N) is 1. The van der Waals surface area contributed by atoms with Crippen LogP contribution in [0.3, 0.4) is 0 Å². The molecule has 8 heteroatoms. The summed E-state index contributed by atoms with van der Waals surface area (Å²) in [6, 6.07) is 20.7. The monoisotopic (exact) mass is 518 g/mol. The van der Waals surface area contributed by atoms with Crippen LogP contribution >= 0.6 is 11.6 Å². The zero-order chi connectivity index (χ0) is 26.7. The first-order valence-electron chi connectivity index (χ1n) is 11.6. The molecular weight excluding hydrogens is 492 g/mol. The minimum absolute atomic E-state index is 0.314. The maximum Gasteiger partial charge on any atom is 0.254 e. The van der Waals surface area contributed by atoms with Crippen LogP contribution in [-0.2, 0) is 14.4 Å². The highest BCUT2D eigenvalue weighted by Crippen LogP contribution is 2.43. The zero-order valence-electron chi connectivity index (χ0n) is 20.9. The first-order chi connectivity index (χ1) is 17.7. The second kappa shape index (κ2) is 10.9. The van der Waals surface area contributed by atoms with Gasteiger partial charge in [0.2, 0.25) is 5.91 Å². The van der Waals surface area contributed by atoms with Gasteiger partial charge in [-0.05, 0) is 80.1 Å². The quantitative estimate of drug-likeness (QED) is 0.411. The number of ketones is 1. The van der Waals surface area contributed by atoms with Crippen LogP contribution in [-0.4, -0.2) is 31.8 Å². The van der Waals surface area contributed by atoms with Gasteiger partial charge in [0.15, 0.2) is 0 Å². The van der Waals surface area contributed by atoms with Gasteiger partial charge in [-0.3, -0.25) is 19.3 Å². The van der Waals surface area contributed by atoms with Gasteiger partial charge in [0.25, 0.3) is 5.91 Å². The number of rotatable bonds is 7. The maximum atomic E-state index is 13.8. The highest BCUT2D eigenvalue weighted by atomic mass is 35.5. The number of hydrogen-bond acceptors (Lipinski definition) is 5. The number of hydrogen-bond donors (Lipinski definition) is 1. The Morgan fingerprint density at radius 1 is 0.865 bits per heavy atom. The van der Waals surface area contributed by atoms with E-state index in [1.54, 1.807) is 93.9 Å². The summed E-state index contributed by atoms with van der Waals surface area (Å²) < 4.78 is 10.4. The molecule has 1 aliphatic heterocycles. The van der Waals surface area contributed by atoms with Crippen LogP contribution < -0.4 is 19.7 Å². The lowest BCUT2D eigenvalue weighted by Crippen LogP contribution is -2.48. The topological polar surface area (TPSA) is 84.9 Å². The molecule has 0 fully saturated rings. The third kappa shape index (κ3) is 5.22. The Kier molecular flexibility index (Phi) is 7.64. The Labute approximate surface area is 220 Å². The van der Waals surface area contributed by atoms with Gasteiger partial charge in [0, 0.05) is 33.6 Å². The number of allylic oxidation sites excluding steroid dienone is 1. The van der Waals surface area contributed by atoms with E-state index in [9.17, 15) is 14.4 Å². The molecule has 1 heterocycles. The normalized spacial score (nSPS) is 17.4. The van der Waals surface area contributed by atoms with Crippen LogP contribution in [0, 0.1) is 5.92 Å². The third-order valence-corrected chi connectivity index (χ3v) is 6.70. The van der Waals surface area contributed by atoms with E-state index in [1.165, 1.54) is 11.8 Å². The van der Waals surface area contributed by atoms with Crippen molar-refractivity contribution < 1.29 is 23.9 Å². The van der Waals surface area contributed by atoms with Crippen molar-refractivity contribution in [3.63, 3.8) is 0 Å². The van der Waals surface area contributed by atoms with Gasteiger partial charge in [-0.1, -0.05) is 23.7 Å². The first-order valence-corrected chi connectivity index (χ1v) is 12.0. The molecule has 3 aromatic carbocycles. The molecule has 0 saturated heterocycles. The average molecular weight is 519 g/mol. The number of amides is 2. The molecule has 0 bridgehead atoms. The molecule has 190 valence electrons. The molecule has 2 amide bonds. The predicted octanol–water partition coefficient (Wildman–Crippen LogP) is 5.61. The first kappa shape index (κ1) is 26.0. The number of benzene rings is 3. The summed E-state index contributed by atoms with van der Waals surface area (Å²) >= 11 is 6.11. The molecule has 0 aromatic heterocycles. The number of carbonyl (C=O) groups excluding carboxylic acids is 3. The Bertz CT molecular complexity index is 1350. The number of ether oxygens (including phenoxy) is 2. The molecular formula is C29H27ClN2O5. The van der Waals surface area contributed by atoms with E-state index in [0.29, 0.717) is 44.7 Å². The van der Waals surface area contributed by atoms with E-state index in [1.807, 2.05) is 0 Å². The molecule has 2 atom stereocenters. The number of halogens is 1. The second-order valence-corrected chi connectivity index (χ2v) is 9.11.